The van der Waals surface area contributed by atoms with E-state index in [0.29, 0.717) is 25.9 Å². The summed E-state index contributed by atoms with van der Waals surface area (Å²) in [6.07, 6.45) is 12.3. The van der Waals surface area contributed by atoms with Crippen molar-refractivity contribution in [2.75, 3.05) is 24.2 Å². The average Bonchev–Trinajstić information content (AvgIpc) is 3.11. The number of hydrogen-bond donors (Lipinski definition) is 0. The van der Waals surface area contributed by atoms with Gasteiger partial charge < -0.3 is 4.90 Å². The number of aromatic nitrogens is 4. The third kappa shape index (κ3) is 3.56. The first-order valence-electron chi connectivity index (χ1n) is 11.7. The van der Waals surface area contributed by atoms with Crippen LogP contribution in [0.4, 0.5) is 5.69 Å². The second-order valence-corrected chi connectivity index (χ2v) is 11.3. The Morgan fingerprint density at radius 3 is 2.47 bits per heavy atom. The highest BCUT2D eigenvalue weighted by Crippen LogP contribution is 2.48. The summed E-state index contributed by atoms with van der Waals surface area (Å²) in [5.41, 5.74) is 3.33. The Labute approximate surface area is 208 Å². The molecule has 10 heteroatoms. The lowest BCUT2D eigenvalue weighted by Crippen LogP contribution is -2.49. The molecule has 0 radical (unpaired) electrons. The second-order valence-electron chi connectivity index (χ2n) is 9.32. The van der Waals surface area contributed by atoms with E-state index >= 15 is 0 Å². The molecule has 4 aromatic rings. The van der Waals surface area contributed by atoms with Crippen molar-refractivity contribution in [1.82, 2.24) is 24.2 Å². The molecule has 0 N–H and O–H groups in total. The van der Waals surface area contributed by atoms with Gasteiger partial charge in [-0.2, -0.15) is 0 Å². The van der Waals surface area contributed by atoms with Crippen molar-refractivity contribution >= 4 is 32.4 Å². The van der Waals surface area contributed by atoms with Crippen LogP contribution < -0.4 is 4.90 Å². The molecule has 3 aromatic heterocycles. The molecule has 1 fully saturated rings. The van der Waals surface area contributed by atoms with E-state index in [1.165, 1.54) is 16.9 Å². The lowest BCUT2D eigenvalue weighted by atomic mass is 9.74. The number of nitrogens with zero attached hydrogens (tertiary/aromatic N) is 6. The monoisotopic (exact) mass is 500 g/mol. The van der Waals surface area contributed by atoms with E-state index in [1.807, 2.05) is 36.5 Å². The summed E-state index contributed by atoms with van der Waals surface area (Å²) < 4.78 is 25.7. The Balaban J connectivity index is 1.43. The molecule has 5 heterocycles. The molecule has 0 unspecified atom stereocenters. The molecule has 1 amide bonds. The van der Waals surface area contributed by atoms with Gasteiger partial charge in [0.15, 0.2) is 0 Å². The van der Waals surface area contributed by atoms with Gasteiger partial charge in [0.05, 0.1) is 35.8 Å². The Morgan fingerprint density at radius 1 is 0.972 bits per heavy atom. The summed E-state index contributed by atoms with van der Waals surface area (Å²) in [5.74, 6) is -0.0381. The molecule has 1 spiro atoms. The SMILES string of the molecule is CS(=O)(=O)N1CCC2(CC1)C(=O)N(Cc1ncc3ccccc3c1-c1cncnc1)c1cnccc12. The highest BCUT2D eigenvalue weighted by atomic mass is 32.2. The molecule has 0 saturated carbocycles. The van der Waals surface area contributed by atoms with Crippen LogP contribution in [0.3, 0.4) is 0 Å². The summed E-state index contributed by atoms with van der Waals surface area (Å²) in [4.78, 5) is 33.3. The van der Waals surface area contributed by atoms with Crippen LogP contribution in [-0.4, -0.2) is 57.9 Å². The van der Waals surface area contributed by atoms with E-state index < -0.39 is 15.4 Å². The first kappa shape index (κ1) is 22.7. The van der Waals surface area contributed by atoms with Gasteiger partial charge in [0.25, 0.3) is 0 Å². The first-order chi connectivity index (χ1) is 17.4. The van der Waals surface area contributed by atoms with Crippen LogP contribution in [0.5, 0.6) is 0 Å². The standard InChI is InChI=1S/C26H24N6O3S/c1-36(34,35)31-10-7-26(8-11-31)21-6-9-27-15-23(21)32(25(26)33)16-22-24(19-12-28-17-29-13-19)20-5-3-2-4-18(20)14-30-22/h2-6,9,12-15,17H,7-8,10-11,16H2,1H3. The van der Waals surface area contributed by atoms with E-state index in [9.17, 15) is 13.2 Å². The van der Waals surface area contributed by atoms with Crippen LogP contribution in [0, 0.1) is 0 Å². The molecule has 36 heavy (non-hydrogen) atoms. The van der Waals surface area contributed by atoms with Crippen molar-refractivity contribution in [2.45, 2.75) is 24.8 Å². The fourth-order valence-corrected chi connectivity index (χ4v) is 6.40. The third-order valence-electron chi connectivity index (χ3n) is 7.34. The van der Waals surface area contributed by atoms with Crippen LogP contribution in [0.25, 0.3) is 21.9 Å². The molecule has 6 rings (SSSR count). The van der Waals surface area contributed by atoms with Crippen molar-refractivity contribution in [3.63, 3.8) is 0 Å². The number of benzene rings is 1. The topological polar surface area (TPSA) is 109 Å². The number of sulfonamides is 1. The van der Waals surface area contributed by atoms with Crippen molar-refractivity contribution in [2.24, 2.45) is 0 Å². The zero-order chi connectivity index (χ0) is 24.9. The van der Waals surface area contributed by atoms with E-state index in [-0.39, 0.29) is 12.5 Å². The fraction of sp³-hybridized carbons (Fsp3) is 0.269. The molecule has 182 valence electrons. The number of amides is 1. The van der Waals surface area contributed by atoms with Crippen molar-refractivity contribution in [3.8, 4) is 11.1 Å². The number of piperidine rings is 1. The Kier molecular flexibility index (Phi) is 5.31. The minimum Gasteiger partial charge on any atom is -0.304 e. The molecule has 1 saturated heterocycles. The second kappa shape index (κ2) is 8.42. The van der Waals surface area contributed by atoms with E-state index in [0.717, 1.165) is 38.8 Å². The molecular weight excluding hydrogens is 476 g/mol. The van der Waals surface area contributed by atoms with Gasteiger partial charge in [-0.25, -0.2) is 22.7 Å². The predicted octanol–water partition coefficient (Wildman–Crippen LogP) is 2.93. The number of anilines is 1. The first-order valence-corrected chi connectivity index (χ1v) is 13.6. The maximum Gasteiger partial charge on any atom is 0.238 e. The van der Waals surface area contributed by atoms with Gasteiger partial charge in [-0.05, 0) is 29.9 Å². The molecule has 0 bridgehead atoms. The van der Waals surface area contributed by atoms with Gasteiger partial charge in [0.1, 0.15) is 6.33 Å². The maximum absolute atomic E-state index is 14.1. The number of pyridine rings is 2. The lowest BCUT2D eigenvalue weighted by Gasteiger charge is -2.37. The average molecular weight is 501 g/mol. The molecule has 1 aromatic carbocycles. The van der Waals surface area contributed by atoms with Gasteiger partial charge in [0, 0.05) is 54.4 Å². The number of carbonyl (C=O) groups is 1. The number of fused-ring (bicyclic) bond motifs is 3. The number of hydrogen-bond acceptors (Lipinski definition) is 7. The van der Waals surface area contributed by atoms with Crippen LogP contribution >= 0.6 is 0 Å². The molecule has 0 atom stereocenters. The van der Waals surface area contributed by atoms with Gasteiger partial charge >= 0.3 is 0 Å². The predicted molar refractivity (Wildman–Crippen MR) is 136 cm³/mol. The molecular formula is C26H24N6O3S. The van der Waals surface area contributed by atoms with Crippen molar-refractivity contribution in [3.05, 3.63) is 78.9 Å². The summed E-state index contributed by atoms with van der Waals surface area (Å²) >= 11 is 0. The zero-order valence-corrected chi connectivity index (χ0v) is 20.5. The minimum atomic E-state index is -3.31. The largest absolute Gasteiger partial charge is 0.304 e. The van der Waals surface area contributed by atoms with E-state index in [1.54, 1.807) is 29.7 Å². The fourth-order valence-electron chi connectivity index (χ4n) is 5.55. The quantitative estimate of drug-likeness (QED) is 0.424. The molecule has 2 aliphatic rings. The highest BCUT2D eigenvalue weighted by Gasteiger charge is 2.53. The van der Waals surface area contributed by atoms with Crippen LogP contribution in [0.1, 0.15) is 24.1 Å². The minimum absolute atomic E-state index is 0.0381. The van der Waals surface area contributed by atoms with E-state index in [4.69, 9.17) is 4.98 Å². The maximum atomic E-state index is 14.1. The normalized spacial score (nSPS) is 17.6. The Bertz CT molecular complexity index is 1580. The van der Waals surface area contributed by atoms with Crippen molar-refractivity contribution in [1.29, 1.82) is 0 Å². The molecule has 9 nitrogen and oxygen atoms in total. The van der Waals surface area contributed by atoms with Gasteiger partial charge in [0.2, 0.25) is 15.9 Å². The van der Waals surface area contributed by atoms with Crippen LogP contribution in [0.2, 0.25) is 0 Å². The van der Waals surface area contributed by atoms with Gasteiger partial charge in [-0.1, -0.05) is 24.3 Å². The molecule has 0 aliphatic carbocycles. The summed E-state index contributed by atoms with van der Waals surface area (Å²) in [5, 5.41) is 1.99. The van der Waals surface area contributed by atoms with Gasteiger partial charge in [-0.3, -0.25) is 14.8 Å². The lowest BCUT2D eigenvalue weighted by molar-refractivity contribution is -0.124. The zero-order valence-electron chi connectivity index (χ0n) is 19.7. The highest BCUT2D eigenvalue weighted by molar-refractivity contribution is 7.88. The number of rotatable bonds is 4. The van der Waals surface area contributed by atoms with Gasteiger partial charge in [-0.15, -0.1) is 0 Å². The van der Waals surface area contributed by atoms with Crippen molar-refractivity contribution < 1.29 is 13.2 Å². The Morgan fingerprint density at radius 2 is 1.72 bits per heavy atom. The smallest absolute Gasteiger partial charge is 0.238 e. The summed E-state index contributed by atoms with van der Waals surface area (Å²) in [6, 6.07) is 9.87. The van der Waals surface area contributed by atoms with Crippen LogP contribution in [0.15, 0.2) is 67.6 Å². The molecule has 2 aliphatic heterocycles. The summed E-state index contributed by atoms with van der Waals surface area (Å²) in [6.45, 7) is 0.867. The third-order valence-corrected chi connectivity index (χ3v) is 8.64. The van der Waals surface area contributed by atoms with Crippen LogP contribution in [-0.2, 0) is 26.8 Å². The van der Waals surface area contributed by atoms with E-state index in [2.05, 4.69) is 15.0 Å². The number of carbonyl (C=O) groups excluding carboxylic acids is 1. The summed E-state index contributed by atoms with van der Waals surface area (Å²) in [7, 11) is -3.31. The Hall–Kier alpha value is -3.76.